The number of hydrogen-bond donors (Lipinski definition) is 7. The van der Waals surface area contributed by atoms with Crippen molar-refractivity contribution < 1.29 is 29.4 Å². The van der Waals surface area contributed by atoms with E-state index in [0.717, 1.165) is 16.5 Å². The zero-order valence-electron chi connectivity index (χ0n) is 23.5. The van der Waals surface area contributed by atoms with Gasteiger partial charge in [0.05, 0.1) is 12.1 Å². The van der Waals surface area contributed by atoms with Crippen molar-refractivity contribution in [1.29, 1.82) is 0 Å². The Bertz CT molecular complexity index is 1340. The van der Waals surface area contributed by atoms with E-state index < -0.39 is 54.0 Å². The normalized spacial score (nSPS) is 15.6. The van der Waals surface area contributed by atoms with Crippen LogP contribution in [-0.2, 0) is 32.0 Å². The summed E-state index contributed by atoms with van der Waals surface area (Å²) in [5.41, 5.74) is 8.42. The molecule has 11 nitrogen and oxygen atoms in total. The number of aliphatic carboxylic acids is 1. The number of benzene rings is 2. The first-order valence-electron chi connectivity index (χ1n) is 13.7. The Labute approximate surface area is 238 Å². The Morgan fingerprint density at radius 1 is 0.854 bits per heavy atom. The van der Waals surface area contributed by atoms with Crippen LogP contribution in [0.2, 0.25) is 0 Å². The summed E-state index contributed by atoms with van der Waals surface area (Å²) in [5, 5.41) is 28.6. The molecule has 0 spiro atoms. The van der Waals surface area contributed by atoms with E-state index in [1.165, 1.54) is 6.92 Å². The molecule has 0 aliphatic heterocycles. The van der Waals surface area contributed by atoms with Crippen LogP contribution in [0.4, 0.5) is 0 Å². The van der Waals surface area contributed by atoms with Gasteiger partial charge in [-0.1, -0.05) is 68.8 Å². The highest BCUT2D eigenvalue weighted by Crippen LogP contribution is 2.19. The summed E-state index contributed by atoms with van der Waals surface area (Å²) >= 11 is 0. The molecule has 41 heavy (non-hydrogen) atoms. The zero-order valence-corrected chi connectivity index (χ0v) is 23.5. The van der Waals surface area contributed by atoms with E-state index in [2.05, 4.69) is 20.9 Å². The Kier molecular flexibility index (Phi) is 11.0. The van der Waals surface area contributed by atoms with Gasteiger partial charge in [-0.25, -0.2) is 4.79 Å². The van der Waals surface area contributed by atoms with Crippen LogP contribution >= 0.6 is 0 Å². The van der Waals surface area contributed by atoms with Gasteiger partial charge in [-0.2, -0.15) is 0 Å². The van der Waals surface area contributed by atoms with Gasteiger partial charge in [-0.3, -0.25) is 14.4 Å². The highest BCUT2D eigenvalue weighted by atomic mass is 16.4. The van der Waals surface area contributed by atoms with Gasteiger partial charge in [-0.15, -0.1) is 0 Å². The van der Waals surface area contributed by atoms with Crippen molar-refractivity contribution in [3.05, 3.63) is 71.9 Å². The van der Waals surface area contributed by atoms with Gasteiger partial charge >= 0.3 is 5.97 Å². The number of rotatable bonds is 14. The van der Waals surface area contributed by atoms with Crippen LogP contribution in [0.25, 0.3) is 10.9 Å². The number of carbonyl (C=O) groups excluding carboxylic acids is 3. The Hall–Kier alpha value is -4.22. The smallest absolute Gasteiger partial charge is 0.326 e. The number of aliphatic hydroxyl groups is 1. The number of nitrogens with one attached hydrogen (secondary N) is 4. The number of H-pyrrole nitrogens is 1. The number of nitrogens with two attached hydrogens (primary N) is 1. The molecule has 1 aromatic heterocycles. The van der Waals surface area contributed by atoms with Crippen LogP contribution in [0, 0.1) is 5.92 Å². The van der Waals surface area contributed by atoms with E-state index in [0.29, 0.717) is 12.0 Å². The molecule has 6 atom stereocenters. The van der Waals surface area contributed by atoms with Gasteiger partial charge in [0.2, 0.25) is 17.7 Å². The van der Waals surface area contributed by atoms with Gasteiger partial charge in [0, 0.05) is 29.9 Å². The minimum Gasteiger partial charge on any atom is -0.480 e. The van der Waals surface area contributed by atoms with Crippen LogP contribution in [0.1, 0.15) is 38.3 Å². The molecule has 11 heteroatoms. The largest absolute Gasteiger partial charge is 0.480 e. The van der Waals surface area contributed by atoms with E-state index in [9.17, 15) is 29.4 Å². The van der Waals surface area contributed by atoms with Gasteiger partial charge in [0.15, 0.2) is 0 Å². The molecule has 2 aromatic carbocycles. The number of carboxylic acids is 1. The summed E-state index contributed by atoms with van der Waals surface area (Å²) in [5.74, 6) is -3.52. The van der Waals surface area contributed by atoms with Crippen LogP contribution in [-0.4, -0.2) is 69.2 Å². The molecular formula is C30H39N5O6. The summed E-state index contributed by atoms with van der Waals surface area (Å²) in [6, 6.07) is 11.5. The molecule has 220 valence electrons. The van der Waals surface area contributed by atoms with Gasteiger partial charge in [0.25, 0.3) is 0 Å². The molecule has 0 fully saturated rings. The third kappa shape index (κ3) is 8.38. The lowest BCUT2D eigenvalue weighted by molar-refractivity contribution is -0.143. The third-order valence-corrected chi connectivity index (χ3v) is 7.25. The zero-order chi connectivity index (χ0) is 30.1. The standard InChI is InChI=1S/C30H39N5O6/c1-4-17(2)25(31)28(38)33-23(15-20-16-32-22-13-9-8-12-21(20)22)27(37)35-26(18(3)36)29(39)34-24(30(40)41)14-19-10-6-5-7-11-19/h5-13,16-18,23-26,32,36H,4,14-15,31H2,1-3H3,(H,33,38)(H,34,39)(H,35,37)(H,40,41). The Balaban J connectivity index is 1.81. The highest BCUT2D eigenvalue weighted by molar-refractivity contribution is 5.95. The lowest BCUT2D eigenvalue weighted by Crippen LogP contribution is -2.60. The maximum Gasteiger partial charge on any atom is 0.326 e. The molecule has 8 N–H and O–H groups in total. The second-order valence-corrected chi connectivity index (χ2v) is 10.4. The molecule has 0 bridgehead atoms. The van der Waals surface area contributed by atoms with E-state index in [4.69, 9.17) is 5.73 Å². The van der Waals surface area contributed by atoms with Crippen molar-refractivity contribution in [2.45, 2.75) is 70.3 Å². The number of hydrogen-bond acceptors (Lipinski definition) is 6. The predicted molar refractivity (Wildman–Crippen MR) is 155 cm³/mol. The molecule has 6 unspecified atom stereocenters. The summed E-state index contributed by atoms with van der Waals surface area (Å²) in [6.45, 7) is 5.05. The first-order valence-corrected chi connectivity index (χ1v) is 13.7. The number of aromatic amines is 1. The molecular weight excluding hydrogens is 526 g/mol. The fourth-order valence-electron chi connectivity index (χ4n) is 4.48. The fourth-order valence-corrected chi connectivity index (χ4v) is 4.48. The number of aromatic nitrogens is 1. The molecule has 0 aliphatic rings. The topological polar surface area (TPSA) is 187 Å². The monoisotopic (exact) mass is 565 g/mol. The molecule has 0 saturated carbocycles. The number of amides is 3. The van der Waals surface area contributed by atoms with Crippen molar-refractivity contribution in [3.63, 3.8) is 0 Å². The van der Waals surface area contributed by atoms with E-state index in [1.807, 2.05) is 38.1 Å². The summed E-state index contributed by atoms with van der Waals surface area (Å²) in [7, 11) is 0. The molecule has 0 aliphatic carbocycles. The molecule has 3 aromatic rings. The van der Waals surface area contributed by atoms with Crippen molar-refractivity contribution in [1.82, 2.24) is 20.9 Å². The molecule has 3 rings (SSSR count). The first kappa shape index (κ1) is 31.3. The van der Waals surface area contributed by atoms with Crippen molar-refractivity contribution in [2.75, 3.05) is 0 Å². The Morgan fingerprint density at radius 3 is 2.12 bits per heavy atom. The number of para-hydroxylation sites is 1. The highest BCUT2D eigenvalue weighted by Gasteiger charge is 2.33. The summed E-state index contributed by atoms with van der Waals surface area (Å²) < 4.78 is 0. The second-order valence-electron chi connectivity index (χ2n) is 10.4. The molecule has 1 heterocycles. The van der Waals surface area contributed by atoms with Crippen LogP contribution in [0.15, 0.2) is 60.8 Å². The SMILES string of the molecule is CCC(C)C(N)C(=O)NC(Cc1c[nH]c2ccccc12)C(=O)NC(C(=O)NC(Cc1ccccc1)C(=O)O)C(C)O. The molecule has 0 saturated heterocycles. The van der Waals surface area contributed by atoms with Gasteiger partial charge in [0.1, 0.15) is 18.1 Å². The van der Waals surface area contributed by atoms with Crippen LogP contribution in [0.5, 0.6) is 0 Å². The number of carbonyl (C=O) groups is 4. The summed E-state index contributed by atoms with van der Waals surface area (Å²) in [6.07, 6.45) is 1.12. The average molecular weight is 566 g/mol. The maximum absolute atomic E-state index is 13.5. The van der Waals surface area contributed by atoms with Crippen molar-refractivity contribution in [2.24, 2.45) is 11.7 Å². The lowest BCUT2D eigenvalue weighted by atomic mass is 9.98. The fraction of sp³-hybridized carbons (Fsp3) is 0.400. The van der Waals surface area contributed by atoms with Gasteiger partial charge in [-0.05, 0) is 30.0 Å². The third-order valence-electron chi connectivity index (χ3n) is 7.25. The van der Waals surface area contributed by atoms with Crippen molar-refractivity contribution >= 4 is 34.6 Å². The minimum atomic E-state index is -1.48. The van der Waals surface area contributed by atoms with Crippen LogP contribution in [0.3, 0.4) is 0 Å². The van der Waals surface area contributed by atoms with Gasteiger partial charge < -0.3 is 36.9 Å². The summed E-state index contributed by atoms with van der Waals surface area (Å²) in [4.78, 5) is 54.7. The van der Waals surface area contributed by atoms with Crippen LogP contribution < -0.4 is 21.7 Å². The number of fused-ring (bicyclic) bond motifs is 1. The first-order chi connectivity index (χ1) is 19.5. The van der Waals surface area contributed by atoms with E-state index >= 15 is 0 Å². The quantitative estimate of drug-likeness (QED) is 0.153. The number of aliphatic hydroxyl groups excluding tert-OH is 1. The molecule has 0 radical (unpaired) electrons. The maximum atomic E-state index is 13.5. The molecule has 3 amide bonds. The van der Waals surface area contributed by atoms with E-state index in [-0.39, 0.29) is 18.8 Å². The second kappa shape index (κ2) is 14.4. The number of carboxylic acid groups (broad SMARTS) is 1. The predicted octanol–water partition coefficient (Wildman–Crippen LogP) is 1.25. The van der Waals surface area contributed by atoms with E-state index in [1.54, 1.807) is 36.5 Å². The Morgan fingerprint density at radius 2 is 1.49 bits per heavy atom. The lowest BCUT2D eigenvalue weighted by Gasteiger charge is -2.27. The van der Waals surface area contributed by atoms with Crippen molar-refractivity contribution in [3.8, 4) is 0 Å². The average Bonchev–Trinajstić information content (AvgIpc) is 3.37. The minimum absolute atomic E-state index is 0.00906.